The number of H-pyrrole nitrogens is 1. The van der Waals surface area contributed by atoms with Gasteiger partial charge in [0.1, 0.15) is 5.82 Å². The van der Waals surface area contributed by atoms with Crippen LogP contribution in [-0.2, 0) is 17.5 Å². The van der Waals surface area contributed by atoms with Crippen LogP contribution in [0.2, 0.25) is 0 Å². The molecule has 1 N–H and O–H groups in total. The molecular weight excluding hydrogens is 383 g/mol. The van der Waals surface area contributed by atoms with Gasteiger partial charge in [0, 0.05) is 12.6 Å². The van der Waals surface area contributed by atoms with Crippen LogP contribution < -0.4 is 5.56 Å². The Morgan fingerprint density at radius 2 is 1.83 bits per heavy atom. The van der Waals surface area contributed by atoms with Crippen molar-refractivity contribution in [3.05, 3.63) is 81.9 Å². The van der Waals surface area contributed by atoms with E-state index >= 15 is 0 Å². The number of nitrogens with zero attached hydrogens (tertiary/aromatic N) is 2. The summed E-state index contributed by atoms with van der Waals surface area (Å²) in [7, 11) is 0. The maximum atomic E-state index is 12.6. The molecule has 5 nitrogen and oxygen atoms in total. The van der Waals surface area contributed by atoms with Gasteiger partial charge < -0.3 is 9.88 Å². The van der Waals surface area contributed by atoms with Gasteiger partial charge in [-0.1, -0.05) is 24.3 Å². The lowest BCUT2D eigenvalue weighted by molar-refractivity contribution is -0.137. The zero-order valence-electron chi connectivity index (χ0n) is 15.5. The summed E-state index contributed by atoms with van der Waals surface area (Å²) in [5.41, 5.74) is -0.0217. The average Bonchev–Trinajstić information content (AvgIpc) is 2.70. The van der Waals surface area contributed by atoms with Crippen molar-refractivity contribution in [2.24, 2.45) is 0 Å². The number of hydrogen-bond acceptors (Lipinski definition) is 3. The molecule has 0 atom stereocenters. The fourth-order valence-electron chi connectivity index (χ4n) is 2.79. The molecular formula is C21H18F3N3O2. The first kappa shape index (κ1) is 20.3. The molecule has 0 aliphatic carbocycles. The molecule has 1 amide bonds. The number of aromatic amines is 1. The molecule has 29 heavy (non-hydrogen) atoms. The van der Waals surface area contributed by atoms with Crippen molar-refractivity contribution in [2.75, 3.05) is 6.54 Å². The fraction of sp³-hybridized carbons (Fsp3) is 0.190. The molecule has 0 saturated carbocycles. The van der Waals surface area contributed by atoms with Crippen LogP contribution in [0.15, 0.2) is 59.4 Å². The molecule has 0 spiro atoms. The second-order valence-corrected chi connectivity index (χ2v) is 6.34. The smallest absolute Gasteiger partial charge is 0.332 e. The summed E-state index contributed by atoms with van der Waals surface area (Å²) in [6, 6.07) is 11.4. The normalized spacial score (nSPS) is 11.9. The topological polar surface area (TPSA) is 66.1 Å². The van der Waals surface area contributed by atoms with E-state index in [0.717, 1.165) is 12.1 Å². The minimum atomic E-state index is -4.40. The van der Waals surface area contributed by atoms with Crippen LogP contribution in [0.1, 0.15) is 23.9 Å². The lowest BCUT2D eigenvalue weighted by atomic mass is 10.1. The number of carbonyl (C=O) groups excluding carboxylic acids is 1. The van der Waals surface area contributed by atoms with E-state index in [9.17, 15) is 22.8 Å². The number of carbonyl (C=O) groups is 1. The van der Waals surface area contributed by atoms with E-state index < -0.39 is 11.7 Å². The van der Waals surface area contributed by atoms with Crippen LogP contribution in [0.3, 0.4) is 0 Å². The van der Waals surface area contributed by atoms with Gasteiger partial charge in [-0.2, -0.15) is 13.2 Å². The largest absolute Gasteiger partial charge is 0.416 e. The number of nitrogens with one attached hydrogen (secondary N) is 1. The van der Waals surface area contributed by atoms with Crippen LogP contribution in [0.5, 0.6) is 0 Å². The average molecular weight is 401 g/mol. The van der Waals surface area contributed by atoms with Gasteiger partial charge in [0.25, 0.3) is 5.56 Å². The van der Waals surface area contributed by atoms with Crippen LogP contribution in [-0.4, -0.2) is 27.3 Å². The minimum Gasteiger partial charge on any atom is -0.332 e. The third-order valence-electron chi connectivity index (χ3n) is 4.35. The Hall–Kier alpha value is -3.42. The first-order chi connectivity index (χ1) is 13.8. The zero-order chi connectivity index (χ0) is 21.0. The van der Waals surface area contributed by atoms with Gasteiger partial charge in [0.15, 0.2) is 0 Å². The summed E-state index contributed by atoms with van der Waals surface area (Å²) >= 11 is 0. The third-order valence-corrected chi connectivity index (χ3v) is 4.35. The highest BCUT2D eigenvalue weighted by Crippen LogP contribution is 2.29. The Morgan fingerprint density at radius 3 is 2.48 bits per heavy atom. The lowest BCUT2D eigenvalue weighted by Crippen LogP contribution is -2.30. The predicted molar refractivity (Wildman–Crippen MR) is 104 cm³/mol. The van der Waals surface area contributed by atoms with Gasteiger partial charge in [0.05, 0.1) is 23.0 Å². The Balaban J connectivity index is 1.74. The first-order valence-corrected chi connectivity index (χ1v) is 8.90. The molecule has 0 fully saturated rings. The number of halogens is 3. The number of para-hydroxylation sites is 1. The van der Waals surface area contributed by atoms with Crippen molar-refractivity contribution >= 4 is 22.9 Å². The molecule has 1 aromatic heterocycles. The van der Waals surface area contributed by atoms with Gasteiger partial charge in [-0.15, -0.1) is 0 Å². The highest BCUT2D eigenvalue weighted by atomic mass is 19.4. The Kier molecular flexibility index (Phi) is 5.81. The van der Waals surface area contributed by atoms with E-state index in [4.69, 9.17) is 0 Å². The molecule has 8 heteroatoms. The number of likely N-dealkylation sites (N-methyl/N-ethyl adjacent to an activating group) is 1. The predicted octanol–water partition coefficient (Wildman–Crippen LogP) is 4.00. The van der Waals surface area contributed by atoms with Crippen molar-refractivity contribution < 1.29 is 18.0 Å². The molecule has 0 bridgehead atoms. The third kappa shape index (κ3) is 4.90. The van der Waals surface area contributed by atoms with Gasteiger partial charge in [-0.25, -0.2) is 4.98 Å². The second kappa shape index (κ2) is 8.30. The summed E-state index contributed by atoms with van der Waals surface area (Å²) < 4.78 is 37.8. The van der Waals surface area contributed by atoms with Crippen molar-refractivity contribution in [1.82, 2.24) is 14.9 Å². The number of fused-ring (bicyclic) bond motifs is 1. The fourth-order valence-corrected chi connectivity index (χ4v) is 2.79. The van der Waals surface area contributed by atoms with Crippen LogP contribution >= 0.6 is 0 Å². The Bertz CT molecular complexity index is 1100. The molecule has 0 radical (unpaired) electrons. The number of amides is 1. The Morgan fingerprint density at radius 1 is 1.14 bits per heavy atom. The molecule has 150 valence electrons. The summed E-state index contributed by atoms with van der Waals surface area (Å²) in [5, 5.41) is 0.466. The first-order valence-electron chi connectivity index (χ1n) is 8.90. The molecule has 0 unspecified atom stereocenters. The molecule has 3 rings (SSSR count). The van der Waals surface area contributed by atoms with Crippen LogP contribution in [0, 0.1) is 0 Å². The van der Waals surface area contributed by atoms with E-state index in [0.29, 0.717) is 28.8 Å². The molecule has 0 aliphatic rings. The van der Waals surface area contributed by atoms with E-state index in [1.54, 1.807) is 31.2 Å². The van der Waals surface area contributed by atoms with E-state index in [1.165, 1.54) is 29.2 Å². The van der Waals surface area contributed by atoms with Crippen molar-refractivity contribution in [3.63, 3.8) is 0 Å². The summed E-state index contributed by atoms with van der Waals surface area (Å²) in [6.07, 6.45) is -1.67. The van der Waals surface area contributed by atoms with Gasteiger partial charge >= 0.3 is 6.18 Å². The van der Waals surface area contributed by atoms with Crippen LogP contribution in [0.4, 0.5) is 13.2 Å². The molecule has 1 heterocycles. The summed E-state index contributed by atoms with van der Waals surface area (Å²) in [5.74, 6) is 0.00929. The van der Waals surface area contributed by atoms with Crippen LogP contribution in [0.25, 0.3) is 17.0 Å². The molecule has 2 aromatic carbocycles. The van der Waals surface area contributed by atoms with E-state index in [1.807, 2.05) is 0 Å². The molecule has 0 saturated heterocycles. The van der Waals surface area contributed by atoms with Crippen molar-refractivity contribution in [1.29, 1.82) is 0 Å². The Labute approximate surface area is 164 Å². The number of benzene rings is 2. The van der Waals surface area contributed by atoms with Crippen molar-refractivity contribution in [3.8, 4) is 0 Å². The van der Waals surface area contributed by atoms with Gasteiger partial charge in [-0.3, -0.25) is 9.59 Å². The summed E-state index contributed by atoms with van der Waals surface area (Å²) in [6.45, 7) is 2.25. The maximum absolute atomic E-state index is 12.6. The summed E-state index contributed by atoms with van der Waals surface area (Å²) in [4.78, 5) is 33.1. The maximum Gasteiger partial charge on any atom is 0.416 e. The lowest BCUT2D eigenvalue weighted by Gasteiger charge is -2.18. The van der Waals surface area contributed by atoms with E-state index in [-0.39, 0.29) is 18.0 Å². The van der Waals surface area contributed by atoms with Gasteiger partial charge in [-0.05, 0) is 42.8 Å². The monoisotopic (exact) mass is 401 g/mol. The molecule has 0 aliphatic heterocycles. The highest BCUT2D eigenvalue weighted by Gasteiger charge is 2.29. The second-order valence-electron chi connectivity index (χ2n) is 6.34. The standard InChI is InChI=1S/C21H18F3N3O2/c1-2-27(13-18-25-17-6-4-3-5-16(17)20(29)26-18)19(28)12-9-14-7-10-15(11-8-14)21(22,23)24/h3-12H,2,13H2,1H3,(H,25,26,29)/b12-9+. The highest BCUT2D eigenvalue weighted by molar-refractivity contribution is 5.91. The number of hydrogen-bond donors (Lipinski definition) is 1. The number of aromatic nitrogens is 2. The van der Waals surface area contributed by atoms with Gasteiger partial charge in [0.2, 0.25) is 5.91 Å². The number of rotatable bonds is 5. The minimum absolute atomic E-state index is 0.104. The van der Waals surface area contributed by atoms with E-state index in [2.05, 4.69) is 9.97 Å². The zero-order valence-corrected chi connectivity index (χ0v) is 15.5. The molecule has 3 aromatic rings. The van der Waals surface area contributed by atoms with Crippen molar-refractivity contribution in [2.45, 2.75) is 19.6 Å². The SMILES string of the molecule is CCN(Cc1nc2ccccc2c(=O)[nH]1)C(=O)/C=C/c1ccc(C(F)(F)F)cc1. The number of alkyl halides is 3. The quantitative estimate of drug-likeness (QED) is 0.657.